The Morgan fingerprint density at radius 2 is 2.45 bits per heavy atom. The van der Waals surface area contributed by atoms with Gasteiger partial charge in [-0.25, -0.2) is 0 Å². The Hall–Kier alpha value is -0.830. The predicted molar refractivity (Wildman–Crippen MR) is 45.4 cm³/mol. The first-order valence-corrected chi connectivity index (χ1v) is 3.87. The zero-order chi connectivity index (χ0) is 8.27. The number of likely N-dealkylation sites (N-methyl/N-ethyl adjacent to an activating group) is 1. The van der Waals surface area contributed by atoms with Crippen LogP contribution in [0.25, 0.3) is 0 Å². The molecule has 0 amide bonds. The lowest BCUT2D eigenvalue weighted by molar-refractivity contribution is 0.608. The number of aryl methyl sites for hydroxylation is 1. The molecular formula is C8H15N3. The normalized spacial score (nSPS) is 13.4. The Kier molecular flexibility index (Phi) is 2.65. The molecule has 0 aromatic carbocycles. The summed E-state index contributed by atoms with van der Waals surface area (Å²) < 4.78 is 1.83. The first kappa shape index (κ1) is 8.27. The summed E-state index contributed by atoms with van der Waals surface area (Å²) in [6.45, 7) is 2.16. The van der Waals surface area contributed by atoms with Crippen molar-refractivity contribution in [3.05, 3.63) is 18.0 Å². The minimum absolute atomic E-state index is 0.527. The topological polar surface area (TPSA) is 29.9 Å². The summed E-state index contributed by atoms with van der Waals surface area (Å²) in [5, 5.41) is 7.28. The van der Waals surface area contributed by atoms with Crippen molar-refractivity contribution >= 4 is 0 Å². The second-order valence-electron chi connectivity index (χ2n) is 2.92. The minimum Gasteiger partial charge on any atom is -0.317 e. The van der Waals surface area contributed by atoms with Crippen molar-refractivity contribution in [2.45, 2.75) is 19.4 Å². The molecular weight excluding hydrogens is 138 g/mol. The molecule has 1 atom stereocenters. The average molecular weight is 153 g/mol. The van der Waals surface area contributed by atoms with Crippen LogP contribution >= 0.6 is 0 Å². The van der Waals surface area contributed by atoms with E-state index in [1.165, 1.54) is 5.56 Å². The van der Waals surface area contributed by atoms with E-state index in [2.05, 4.69) is 17.3 Å². The van der Waals surface area contributed by atoms with E-state index in [-0.39, 0.29) is 0 Å². The van der Waals surface area contributed by atoms with Crippen LogP contribution in [0.4, 0.5) is 0 Å². The van der Waals surface area contributed by atoms with E-state index in [4.69, 9.17) is 0 Å². The zero-order valence-electron chi connectivity index (χ0n) is 7.33. The maximum absolute atomic E-state index is 4.09. The fourth-order valence-electron chi connectivity index (χ4n) is 1.03. The number of hydrogen-bond donors (Lipinski definition) is 1. The molecule has 1 rings (SSSR count). The summed E-state index contributed by atoms with van der Waals surface area (Å²) in [6.07, 6.45) is 5.01. The molecule has 1 unspecified atom stereocenters. The molecule has 0 aliphatic rings. The van der Waals surface area contributed by atoms with Gasteiger partial charge in [0, 0.05) is 19.3 Å². The van der Waals surface area contributed by atoms with E-state index >= 15 is 0 Å². The highest BCUT2D eigenvalue weighted by atomic mass is 15.2. The molecule has 1 aromatic heterocycles. The van der Waals surface area contributed by atoms with E-state index in [1.807, 2.05) is 31.2 Å². The molecule has 0 radical (unpaired) electrons. The number of hydrogen-bond acceptors (Lipinski definition) is 2. The van der Waals surface area contributed by atoms with Gasteiger partial charge in [-0.3, -0.25) is 4.68 Å². The quantitative estimate of drug-likeness (QED) is 0.688. The Morgan fingerprint density at radius 3 is 2.91 bits per heavy atom. The van der Waals surface area contributed by atoms with Gasteiger partial charge in [0.25, 0.3) is 0 Å². The van der Waals surface area contributed by atoms with E-state index in [1.54, 1.807) is 0 Å². The van der Waals surface area contributed by atoms with Crippen molar-refractivity contribution < 1.29 is 0 Å². The summed E-state index contributed by atoms with van der Waals surface area (Å²) in [4.78, 5) is 0. The number of aromatic nitrogens is 2. The molecule has 0 bridgehead atoms. The highest BCUT2D eigenvalue weighted by molar-refractivity contribution is 5.05. The van der Waals surface area contributed by atoms with Crippen LogP contribution < -0.4 is 5.32 Å². The average Bonchev–Trinajstić information content (AvgIpc) is 2.35. The standard InChI is InChI=1S/C8H15N3/c1-7(9-2)4-8-5-10-11(3)6-8/h5-7,9H,4H2,1-3H3. The van der Waals surface area contributed by atoms with Gasteiger partial charge in [0.2, 0.25) is 0 Å². The molecule has 0 aliphatic carbocycles. The molecule has 0 aliphatic heterocycles. The Balaban J connectivity index is 2.50. The number of nitrogens with zero attached hydrogens (tertiary/aromatic N) is 2. The molecule has 1 heterocycles. The molecule has 62 valence electrons. The molecule has 0 spiro atoms. The van der Waals surface area contributed by atoms with Crippen LogP contribution in [0.1, 0.15) is 12.5 Å². The minimum atomic E-state index is 0.527. The summed E-state index contributed by atoms with van der Waals surface area (Å²) in [5.41, 5.74) is 1.29. The third-order valence-electron chi connectivity index (χ3n) is 1.79. The summed E-state index contributed by atoms with van der Waals surface area (Å²) >= 11 is 0. The maximum atomic E-state index is 4.09. The van der Waals surface area contributed by atoms with Gasteiger partial charge in [-0.1, -0.05) is 0 Å². The molecule has 3 nitrogen and oxygen atoms in total. The van der Waals surface area contributed by atoms with E-state index in [9.17, 15) is 0 Å². The zero-order valence-corrected chi connectivity index (χ0v) is 7.33. The largest absolute Gasteiger partial charge is 0.317 e. The van der Waals surface area contributed by atoms with Gasteiger partial charge in [-0.05, 0) is 26.0 Å². The third kappa shape index (κ3) is 2.35. The van der Waals surface area contributed by atoms with Crippen LogP contribution in [0.2, 0.25) is 0 Å². The monoisotopic (exact) mass is 153 g/mol. The molecule has 0 fully saturated rings. The molecule has 11 heavy (non-hydrogen) atoms. The first-order valence-electron chi connectivity index (χ1n) is 3.87. The molecule has 0 saturated heterocycles. The Morgan fingerprint density at radius 1 is 1.73 bits per heavy atom. The van der Waals surface area contributed by atoms with E-state index in [0.29, 0.717) is 6.04 Å². The summed E-state index contributed by atoms with van der Waals surface area (Å²) in [6, 6.07) is 0.527. The lowest BCUT2D eigenvalue weighted by atomic mass is 10.1. The van der Waals surface area contributed by atoms with Crippen molar-refractivity contribution in [3.63, 3.8) is 0 Å². The van der Waals surface area contributed by atoms with Gasteiger partial charge in [-0.15, -0.1) is 0 Å². The first-order chi connectivity index (χ1) is 5.22. The molecule has 1 N–H and O–H groups in total. The van der Waals surface area contributed by atoms with Crippen LogP contribution in [-0.4, -0.2) is 22.9 Å². The SMILES string of the molecule is CNC(C)Cc1cnn(C)c1. The lowest BCUT2D eigenvalue weighted by Gasteiger charge is -2.06. The molecule has 1 aromatic rings. The van der Waals surface area contributed by atoms with Crippen LogP contribution in [0, 0.1) is 0 Å². The summed E-state index contributed by atoms with van der Waals surface area (Å²) in [7, 11) is 3.91. The number of rotatable bonds is 3. The van der Waals surface area contributed by atoms with Crippen LogP contribution in [0.5, 0.6) is 0 Å². The third-order valence-corrected chi connectivity index (χ3v) is 1.79. The molecule has 3 heteroatoms. The van der Waals surface area contributed by atoms with Gasteiger partial charge in [0.15, 0.2) is 0 Å². The van der Waals surface area contributed by atoms with Crippen molar-refractivity contribution in [1.82, 2.24) is 15.1 Å². The number of nitrogens with one attached hydrogen (secondary N) is 1. The fraction of sp³-hybridized carbons (Fsp3) is 0.625. The van der Waals surface area contributed by atoms with Gasteiger partial charge in [0.1, 0.15) is 0 Å². The maximum Gasteiger partial charge on any atom is 0.0522 e. The van der Waals surface area contributed by atoms with Crippen molar-refractivity contribution in [2.75, 3.05) is 7.05 Å². The van der Waals surface area contributed by atoms with E-state index in [0.717, 1.165) is 6.42 Å². The highest BCUT2D eigenvalue weighted by Crippen LogP contribution is 2.00. The predicted octanol–water partition coefficient (Wildman–Crippen LogP) is 0.570. The Bertz CT molecular complexity index is 217. The van der Waals surface area contributed by atoms with Crippen molar-refractivity contribution in [3.8, 4) is 0 Å². The smallest absolute Gasteiger partial charge is 0.0522 e. The van der Waals surface area contributed by atoms with Gasteiger partial charge in [0.05, 0.1) is 6.20 Å². The Labute approximate surface area is 67.4 Å². The molecule has 0 saturated carbocycles. The van der Waals surface area contributed by atoms with Crippen molar-refractivity contribution in [2.24, 2.45) is 7.05 Å². The fourth-order valence-corrected chi connectivity index (χ4v) is 1.03. The van der Waals surface area contributed by atoms with E-state index < -0.39 is 0 Å². The second-order valence-corrected chi connectivity index (χ2v) is 2.92. The van der Waals surface area contributed by atoms with Crippen LogP contribution in [0.3, 0.4) is 0 Å². The highest BCUT2D eigenvalue weighted by Gasteiger charge is 2.01. The van der Waals surface area contributed by atoms with Gasteiger partial charge >= 0.3 is 0 Å². The van der Waals surface area contributed by atoms with Gasteiger partial charge < -0.3 is 5.32 Å². The lowest BCUT2D eigenvalue weighted by Crippen LogP contribution is -2.23. The van der Waals surface area contributed by atoms with Crippen LogP contribution in [0.15, 0.2) is 12.4 Å². The van der Waals surface area contributed by atoms with Gasteiger partial charge in [-0.2, -0.15) is 5.10 Å². The summed E-state index contributed by atoms with van der Waals surface area (Å²) in [5.74, 6) is 0. The van der Waals surface area contributed by atoms with Crippen LogP contribution in [-0.2, 0) is 13.5 Å². The second kappa shape index (κ2) is 3.53. The van der Waals surface area contributed by atoms with Crippen molar-refractivity contribution in [1.29, 1.82) is 0 Å².